The molecule has 3 aliphatic carbocycles. The first-order valence-electron chi connectivity index (χ1n) is 14.3. The molecule has 12 nitrogen and oxygen atoms in total. The predicted molar refractivity (Wildman–Crippen MR) is 155 cm³/mol. The number of anilines is 1. The molecule has 1 aromatic carbocycles. The number of ether oxygens (including phenoxy) is 3. The quantitative estimate of drug-likeness (QED) is 0.244. The Morgan fingerprint density at radius 2 is 1.77 bits per heavy atom. The van der Waals surface area contributed by atoms with Crippen LogP contribution in [-0.4, -0.2) is 85.9 Å². The number of rotatable bonds is 9. The van der Waals surface area contributed by atoms with Crippen LogP contribution in [0.2, 0.25) is 0 Å². The maximum Gasteiger partial charge on any atom is 0.307 e. The number of amides is 1. The van der Waals surface area contributed by atoms with E-state index in [1.165, 1.54) is 0 Å². The smallest absolute Gasteiger partial charge is 0.307 e. The van der Waals surface area contributed by atoms with Gasteiger partial charge in [-0.3, -0.25) is 28.9 Å². The van der Waals surface area contributed by atoms with Crippen molar-refractivity contribution in [2.75, 3.05) is 39.7 Å². The van der Waals surface area contributed by atoms with Gasteiger partial charge in [0.1, 0.15) is 17.1 Å². The fourth-order valence-corrected chi connectivity index (χ4v) is 6.70. The molecule has 0 heterocycles. The van der Waals surface area contributed by atoms with E-state index in [1.807, 2.05) is 32.0 Å². The number of aliphatic hydroxyl groups excluding tert-OH is 1. The summed E-state index contributed by atoms with van der Waals surface area (Å²) in [5.41, 5.74) is 4.14. The molecule has 43 heavy (non-hydrogen) atoms. The molecule has 12 heteroatoms. The Bertz CT molecular complexity index is 1460. The number of nitrogens with two attached hydrogens (primary N) is 1. The van der Waals surface area contributed by atoms with E-state index < -0.39 is 64.2 Å². The zero-order chi connectivity index (χ0) is 32.0. The summed E-state index contributed by atoms with van der Waals surface area (Å²) in [4.78, 5) is 69.6. The fraction of sp³-hybridized carbons (Fsp3) is 0.516. The van der Waals surface area contributed by atoms with Crippen molar-refractivity contribution in [1.29, 1.82) is 0 Å². The minimum atomic E-state index is -2.46. The van der Waals surface area contributed by atoms with Crippen LogP contribution in [0.5, 0.6) is 5.75 Å². The van der Waals surface area contributed by atoms with Gasteiger partial charge >= 0.3 is 11.9 Å². The van der Waals surface area contributed by atoms with E-state index in [0.29, 0.717) is 18.8 Å². The van der Waals surface area contributed by atoms with E-state index in [9.17, 15) is 29.1 Å². The van der Waals surface area contributed by atoms with Crippen LogP contribution in [0.4, 0.5) is 5.69 Å². The van der Waals surface area contributed by atoms with Crippen molar-refractivity contribution in [3.8, 4) is 5.75 Å². The number of carbonyl (C=O) groups excluding carboxylic acids is 5. The van der Waals surface area contributed by atoms with Gasteiger partial charge in [-0.15, -0.1) is 0 Å². The number of hydrogen-bond acceptors (Lipinski definition) is 11. The number of Topliss-reactive ketones (excluding diaryl/α,β-unsaturated/α-hetero) is 2. The summed E-state index contributed by atoms with van der Waals surface area (Å²) in [5, 5.41) is 12.0. The number of fused-ring (bicyclic) bond motifs is 3. The predicted octanol–water partition coefficient (Wildman–Crippen LogP) is 2.24. The van der Waals surface area contributed by atoms with Crippen molar-refractivity contribution in [2.45, 2.75) is 58.1 Å². The highest BCUT2D eigenvalue weighted by Crippen LogP contribution is 2.55. The zero-order valence-corrected chi connectivity index (χ0v) is 25.6. The maximum absolute atomic E-state index is 14.4. The van der Waals surface area contributed by atoms with E-state index in [4.69, 9.17) is 19.9 Å². The van der Waals surface area contributed by atoms with Crippen LogP contribution in [-0.2, 0) is 35.1 Å². The van der Waals surface area contributed by atoms with Gasteiger partial charge in [-0.05, 0) is 57.0 Å². The minimum absolute atomic E-state index is 0.0665. The standard InChI is InChI=1S/C31H39N3O9/c1-8-9-12-41-21-11-10-20(33(4)5)18-13-17-14-19-25(34(6)7)27(42-15(2)35)24(30(32)40)29(39)31(19,43-16(3)36)28(38)22(17)26(37)23(18)21/h10-11,17,19,25,38H,8-9,12-14H2,1-7H3,(H2,32,40). The Labute approximate surface area is 250 Å². The Balaban J connectivity index is 2.04. The lowest BCUT2D eigenvalue weighted by Crippen LogP contribution is -2.65. The average molecular weight is 598 g/mol. The molecular formula is C31H39N3O9. The molecule has 232 valence electrons. The number of allylic oxidation sites excluding steroid dienone is 1. The average Bonchev–Trinajstić information content (AvgIpc) is 2.89. The summed E-state index contributed by atoms with van der Waals surface area (Å²) < 4.78 is 17.1. The third kappa shape index (κ3) is 5.17. The number of carbonyl (C=O) groups is 5. The van der Waals surface area contributed by atoms with E-state index in [0.717, 1.165) is 37.9 Å². The molecule has 4 unspecified atom stereocenters. The molecule has 0 aromatic heterocycles. The molecule has 3 aliphatic rings. The number of benzene rings is 1. The van der Waals surface area contributed by atoms with Crippen LogP contribution in [0.15, 0.2) is 34.8 Å². The summed E-state index contributed by atoms with van der Waals surface area (Å²) in [6.45, 7) is 4.57. The van der Waals surface area contributed by atoms with Crippen molar-refractivity contribution in [3.05, 3.63) is 45.9 Å². The first-order valence-corrected chi connectivity index (χ1v) is 14.3. The second kappa shape index (κ2) is 11.8. The Morgan fingerprint density at radius 3 is 2.30 bits per heavy atom. The van der Waals surface area contributed by atoms with E-state index in [1.54, 1.807) is 25.1 Å². The summed E-state index contributed by atoms with van der Waals surface area (Å²) in [5.74, 6) is -7.03. The molecule has 1 aromatic rings. The largest absolute Gasteiger partial charge is 0.507 e. The monoisotopic (exact) mass is 597 g/mol. The summed E-state index contributed by atoms with van der Waals surface area (Å²) >= 11 is 0. The number of hydrogen-bond donors (Lipinski definition) is 2. The number of nitrogens with zero attached hydrogens (tertiary/aromatic N) is 2. The van der Waals surface area contributed by atoms with Gasteiger partial charge in [0.05, 0.1) is 18.2 Å². The number of esters is 2. The number of likely N-dealkylation sites (N-methyl/N-ethyl adjacent to an activating group) is 1. The lowest BCUT2D eigenvalue weighted by molar-refractivity contribution is -0.178. The normalized spacial score (nSPS) is 24.7. The second-order valence-electron chi connectivity index (χ2n) is 11.6. The molecule has 0 fully saturated rings. The van der Waals surface area contributed by atoms with Crippen molar-refractivity contribution >= 4 is 35.1 Å². The zero-order valence-electron chi connectivity index (χ0n) is 25.6. The van der Waals surface area contributed by atoms with E-state index >= 15 is 0 Å². The van der Waals surface area contributed by atoms with Crippen LogP contribution >= 0.6 is 0 Å². The fourth-order valence-electron chi connectivity index (χ4n) is 6.70. The summed E-state index contributed by atoms with van der Waals surface area (Å²) in [6, 6.07) is 2.57. The molecule has 0 bridgehead atoms. The van der Waals surface area contributed by atoms with Gasteiger partial charge in [-0.2, -0.15) is 0 Å². The first-order chi connectivity index (χ1) is 20.2. The number of unbranched alkanes of at least 4 members (excludes halogenated alkanes) is 1. The maximum atomic E-state index is 14.4. The topological polar surface area (TPSA) is 166 Å². The number of aliphatic hydroxyl groups is 1. The van der Waals surface area contributed by atoms with Gasteiger partial charge in [0, 0.05) is 45.1 Å². The molecule has 0 spiro atoms. The molecule has 4 atom stereocenters. The Hall–Kier alpha value is -4.19. The van der Waals surface area contributed by atoms with Gasteiger partial charge in [0.25, 0.3) is 5.91 Å². The summed E-state index contributed by atoms with van der Waals surface area (Å²) in [7, 11) is 6.97. The molecule has 0 aliphatic heterocycles. The van der Waals surface area contributed by atoms with Gasteiger partial charge in [-0.25, -0.2) is 0 Å². The summed E-state index contributed by atoms with van der Waals surface area (Å²) in [6.07, 6.45) is 2.01. The molecule has 4 rings (SSSR count). The van der Waals surface area contributed by atoms with Gasteiger partial charge in [0.2, 0.25) is 11.4 Å². The highest BCUT2D eigenvalue weighted by Gasteiger charge is 2.66. The molecule has 3 N–H and O–H groups in total. The minimum Gasteiger partial charge on any atom is -0.507 e. The third-order valence-corrected chi connectivity index (χ3v) is 8.31. The Kier molecular flexibility index (Phi) is 8.73. The van der Waals surface area contributed by atoms with Crippen LogP contribution < -0.4 is 15.4 Å². The van der Waals surface area contributed by atoms with E-state index in [2.05, 4.69) is 0 Å². The van der Waals surface area contributed by atoms with Crippen molar-refractivity contribution in [2.24, 2.45) is 17.6 Å². The molecule has 0 radical (unpaired) electrons. The van der Waals surface area contributed by atoms with Crippen molar-refractivity contribution in [1.82, 2.24) is 4.90 Å². The molecule has 0 saturated heterocycles. The number of primary amides is 1. The van der Waals surface area contributed by atoms with Crippen molar-refractivity contribution < 1.29 is 43.3 Å². The highest BCUT2D eigenvalue weighted by molar-refractivity contribution is 6.25. The molecule has 0 saturated carbocycles. The third-order valence-electron chi connectivity index (χ3n) is 8.31. The van der Waals surface area contributed by atoms with Crippen LogP contribution in [0.1, 0.15) is 56.0 Å². The van der Waals surface area contributed by atoms with Crippen LogP contribution in [0.3, 0.4) is 0 Å². The van der Waals surface area contributed by atoms with Crippen LogP contribution in [0.25, 0.3) is 0 Å². The highest BCUT2D eigenvalue weighted by atomic mass is 16.6. The van der Waals surface area contributed by atoms with Crippen LogP contribution in [0, 0.1) is 11.8 Å². The van der Waals surface area contributed by atoms with Gasteiger partial charge in [0.15, 0.2) is 11.5 Å². The second-order valence-corrected chi connectivity index (χ2v) is 11.6. The van der Waals surface area contributed by atoms with Gasteiger partial charge < -0.3 is 30.0 Å². The molecule has 1 amide bonds. The first kappa shape index (κ1) is 31.7. The Morgan fingerprint density at radius 1 is 1.09 bits per heavy atom. The van der Waals surface area contributed by atoms with Gasteiger partial charge in [-0.1, -0.05) is 13.3 Å². The lowest BCUT2D eigenvalue weighted by Gasteiger charge is -2.52. The van der Waals surface area contributed by atoms with Crippen molar-refractivity contribution in [3.63, 3.8) is 0 Å². The molecular weight excluding hydrogens is 558 g/mol. The lowest BCUT2D eigenvalue weighted by atomic mass is 9.58. The number of ketones is 2. The van der Waals surface area contributed by atoms with E-state index in [-0.39, 0.29) is 23.3 Å². The SMILES string of the molecule is CCCCOc1ccc(N(C)C)c2c1C(=O)C1=C(O)C3(OC(C)=O)C(=O)C(C(N)=O)=C(OC(C)=O)C(N(C)C)C3CC1C2.